The van der Waals surface area contributed by atoms with Crippen LogP contribution in [-0.2, 0) is 5.41 Å². The van der Waals surface area contributed by atoms with Crippen LogP contribution < -0.4 is 0 Å². The van der Waals surface area contributed by atoms with Crippen LogP contribution in [0.5, 0.6) is 0 Å². The first-order valence-electron chi connectivity index (χ1n) is 4.15. The second-order valence-corrected chi connectivity index (χ2v) is 4.46. The van der Waals surface area contributed by atoms with Gasteiger partial charge < -0.3 is 0 Å². The van der Waals surface area contributed by atoms with Gasteiger partial charge in [-0.15, -0.1) is 0 Å². The molecule has 1 aromatic carbocycles. The number of benzene rings is 1. The Labute approximate surface area is 84.0 Å². The molecule has 0 atom stereocenters. The molecule has 0 fully saturated rings. The van der Waals surface area contributed by atoms with Gasteiger partial charge in [0.05, 0.1) is 10.6 Å². The van der Waals surface area contributed by atoms with Crippen molar-refractivity contribution >= 4 is 11.6 Å². The number of hydrogen-bond donors (Lipinski definition) is 0. The van der Waals surface area contributed by atoms with Crippen molar-refractivity contribution in [3.63, 3.8) is 0 Å². The molecule has 0 spiro atoms. The summed E-state index contributed by atoms with van der Waals surface area (Å²) in [4.78, 5) is 0. The zero-order valence-electron chi connectivity index (χ0n) is 8.06. The Hall–Kier alpha value is -1.00. The molecule has 1 nitrogen and oxygen atoms in total. The quantitative estimate of drug-likeness (QED) is 0.619. The Morgan fingerprint density at radius 2 is 1.92 bits per heavy atom. The average molecular weight is 194 g/mol. The maximum atomic E-state index is 8.68. The van der Waals surface area contributed by atoms with Gasteiger partial charge in [-0.25, -0.2) is 0 Å². The number of hydrogen-bond acceptors (Lipinski definition) is 1. The third-order valence-electron chi connectivity index (χ3n) is 1.96. The molecule has 0 saturated carbocycles. The lowest BCUT2D eigenvalue weighted by Gasteiger charge is -2.19. The molecule has 0 aliphatic carbocycles. The van der Waals surface area contributed by atoms with Crippen LogP contribution in [0.4, 0.5) is 0 Å². The predicted molar refractivity (Wildman–Crippen MR) is 54.9 cm³/mol. The number of nitrogens with zero attached hydrogens (tertiary/aromatic N) is 1. The maximum absolute atomic E-state index is 8.68. The number of rotatable bonds is 0. The van der Waals surface area contributed by atoms with Crippen molar-refractivity contribution in [2.24, 2.45) is 0 Å². The SMILES string of the molecule is CC(C)(C)c1ccc(C#N)c(Cl)c1. The minimum absolute atomic E-state index is 0.0810. The summed E-state index contributed by atoms with van der Waals surface area (Å²) in [6, 6.07) is 7.62. The highest BCUT2D eigenvalue weighted by Gasteiger charge is 2.14. The van der Waals surface area contributed by atoms with Gasteiger partial charge in [0.15, 0.2) is 0 Å². The van der Waals surface area contributed by atoms with Crippen LogP contribution in [0.2, 0.25) is 5.02 Å². The molecule has 0 aromatic heterocycles. The minimum atomic E-state index is 0.0810. The summed E-state index contributed by atoms with van der Waals surface area (Å²) in [6.07, 6.45) is 0. The van der Waals surface area contributed by atoms with Crippen molar-refractivity contribution in [1.29, 1.82) is 5.26 Å². The van der Waals surface area contributed by atoms with Crippen LogP contribution in [0.1, 0.15) is 31.9 Å². The summed E-state index contributed by atoms with van der Waals surface area (Å²) in [5.74, 6) is 0. The zero-order chi connectivity index (χ0) is 10.1. The lowest BCUT2D eigenvalue weighted by atomic mass is 9.87. The van der Waals surface area contributed by atoms with E-state index < -0.39 is 0 Å². The van der Waals surface area contributed by atoms with E-state index in [9.17, 15) is 0 Å². The smallest absolute Gasteiger partial charge is 0.101 e. The van der Waals surface area contributed by atoms with E-state index in [0.29, 0.717) is 10.6 Å². The standard InChI is InChI=1S/C11H12ClN/c1-11(2,3)9-5-4-8(7-13)10(12)6-9/h4-6H,1-3H3. The molecule has 2 heteroatoms. The van der Waals surface area contributed by atoms with Crippen LogP contribution in [0.15, 0.2) is 18.2 Å². The van der Waals surface area contributed by atoms with Gasteiger partial charge in [0.25, 0.3) is 0 Å². The van der Waals surface area contributed by atoms with E-state index in [4.69, 9.17) is 16.9 Å². The van der Waals surface area contributed by atoms with Crippen molar-refractivity contribution < 1.29 is 0 Å². The number of nitriles is 1. The Morgan fingerprint density at radius 1 is 1.31 bits per heavy atom. The summed E-state index contributed by atoms with van der Waals surface area (Å²) in [6.45, 7) is 6.35. The Balaban J connectivity index is 3.20. The van der Waals surface area contributed by atoms with Crippen LogP contribution in [-0.4, -0.2) is 0 Å². The zero-order valence-corrected chi connectivity index (χ0v) is 8.81. The fourth-order valence-corrected chi connectivity index (χ4v) is 1.30. The van der Waals surface area contributed by atoms with Gasteiger partial charge in [-0.3, -0.25) is 0 Å². The van der Waals surface area contributed by atoms with Crippen molar-refractivity contribution in [2.75, 3.05) is 0 Å². The van der Waals surface area contributed by atoms with Crippen LogP contribution in [0.3, 0.4) is 0 Å². The largest absolute Gasteiger partial charge is 0.192 e. The molecule has 0 radical (unpaired) electrons. The molecule has 0 saturated heterocycles. The van der Waals surface area contributed by atoms with E-state index in [1.165, 1.54) is 0 Å². The highest BCUT2D eigenvalue weighted by molar-refractivity contribution is 6.31. The molecule has 0 heterocycles. The van der Waals surface area contributed by atoms with E-state index >= 15 is 0 Å². The van der Waals surface area contributed by atoms with Gasteiger partial charge >= 0.3 is 0 Å². The minimum Gasteiger partial charge on any atom is -0.192 e. The molecule has 0 bridgehead atoms. The summed E-state index contributed by atoms with van der Waals surface area (Å²) < 4.78 is 0. The third-order valence-corrected chi connectivity index (χ3v) is 2.27. The monoisotopic (exact) mass is 193 g/mol. The van der Waals surface area contributed by atoms with E-state index in [1.807, 2.05) is 18.2 Å². The first-order chi connectivity index (χ1) is 5.95. The second kappa shape index (κ2) is 3.40. The molecule has 0 aliphatic rings. The van der Waals surface area contributed by atoms with E-state index in [2.05, 4.69) is 20.8 Å². The Morgan fingerprint density at radius 3 is 2.31 bits per heavy atom. The molecule has 0 amide bonds. The summed E-state index contributed by atoms with van der Waals surface area (Å²) >= 11 is 5.91. The topological polar surface area (TPSA) is 23.8 Å². The van der Waals surface area contributed by atoms with Crippen LogP contribution >= 0.6 is 11.6 Å². The third kappa shape index (κ3) is 2.23. The number of halogens is 1. The fraction of sp³-hybridized carbons (Fsp3) is 0.364. The molecule has 68 valence electrons. The maximum Gasteiger partial charge on any atom is 0.101 e. The summed E-state index contributed by atoms with van der Waals surface area (Å²) in [5.41, 5.74) is 1.77. The molecule has 13 heavy (non-hydrogen) atoms. The molecule has 0 aliphatic heterocycles. The van der Waals surface area contributed by atoms with Crippen LogP contribution in [0, 0.1) is 11.3 Å². The van der Waals surface area contributed by atoms with Gasteiger partial charge in [0, 0.05) is 0 Å². The predicted octanol–water partition coefficient (Wildman–Crippen LogP) is 3.51. The van der Waals surface area contributed by atoms with Gasteiger partial charge in [0.1, 0.15) is 6.07 Å². The average Bonchev–Trinajstić information content (AvgIpc) is 2.02. The van der Waals surface area contributed by atoms with Crippen molar-refractivity contribution in [3.05, 3.63) is 34.3 Å². The Bertz CT molecular complexity index is 355. The van der Waals surface area contributed by atoms with E-state index in [1.54, 1.807) is 6.07 Å². The molecule has 0 unspecified atom stereocenters. The lowest BCUT2D eigenvalue weighted by Crippen LogP contribution is -2.10. The van der Waals surface area contributed by atoms with Crippen molar-refractivity contribution in [2.45, 2.75) is 26.2 Å². The molecule has 0 N–H and O–H groups in total. The van der Waals surface area contributed by atoms with E-state index in [0.717, 1.165) is 5.56 Å². The highest BCUT2D eigenvalue weighted by atomic mass is 35.5. The Kier molecular flexibility index (Phi) is 2.63. The van der Waals surface area contributed by atoms with Gasteiger partial charge in [0.2, 0.25) is 0 Å². The normalized spacial score (nSPS) is 11.0. The van der Waals surface area contributed by atoms with Gasteiger partial charge in [-0.05, 0) is 23.1 Å². The fourth-order valence-electron chi connectivity index (χ4n) is 1.07. The summed E-state index contributed by atoms with van der Waals surface area (Å²) in [7, 11) is 0. The second-order valence-electron chi connectivity index (χ2n) is 4.06. The molecular formula is C11H12ClN. The summed E-state index contributed by atoms with van der Waals surface area (Å²) in [5, 5.41) is 9.21. The van der Waals surface area contributed by atoms with E-state index in [-0.39, 0.29) is 5.41 Å². The molecule has 1 aromatic rings. The highest BCUT2D eigenvalue weighted by Crippen LogP contribution is 2.26. The molecular weight excluding hydrogens is 182 g/mol. The van der Waals surface area contributed by atoms with Crippen molar-refractivity contribution in [1.82, 2.24) is 0 Å². The van der Waals surface area contributed by atoms with Crippen molar-refractivity contribution in [3.8, 4) is 6.07 Å². The van der Waals surface area contributed by atoms with Crippen LogP contribution in [0.25, 0.3) is 0 Å². The van der Waals surface area contributed by atoms with Gasteiger partial charge in [-0.1, -0.05) is 38.4 Å². The first-order valence-corrected chi connectivity index (χ1v) is 4.53. The first kappa shape index (κ1) is 10.1. The van der Waals surface area contributed by atoms with Gasteiger partial charge in [-0.2, -0.15) is 5.26 Å². The lowest BCUT2D eigenvalue weighted by molar-refractivity contribution is 0.590. The molecule has 1 rings (SSSR count).